The van der Waals surface area contributed by atoms with Crippen LogP contribution in [0.15, 0.2) is 34.5 Å². The van der Waals surface area contributed by atoms with E-state index in [-0.39, 0.29) is 5.78 Å². The van der Waals surface area contributed by atoms with E-state index in [4.69, 9.17) is 16.3 Å². The molecule has 0 N–H and O–H groups in total. The molecule has 0 fully saturated rings. The van der Waals surface area contributed by atoms with Gasteiger partial charge in [-0.15, -0.1) is 0 Å². The highest BCUT2D eigenvalue weighted by Gasteiger charge is 2.16. The van der Waals surface area contributed by atoms with Gasteiger partial charge in [-0.2, -0.15) is 0 Å². The molecule has 0 saturated carbocycles. The summed E-state index contributed by atoms with van der Waals surface area (Å²) in [5.41, 5.74) is 1.30. The molecular weight excluding hydrogens is 291 g/mol. The van der Waals surface area contributed by atoms with Crippen molar-refractivity contribution in [2.45, 2.75) is 12.8 Å². The van der Waals surface area contributed by atoms with Gasteiger partial charge in [0.25, 0.3) is 0 Å². The van der Waals surface area contributed by atoms with Crippen molar-refractivity contribution < 1.29 is 9.53 Å². The summed E-state index contributed by atoms with van der Waals surface area (Å²) in [6.07, 6.45) is 3.21. The molecule has 0 saturated heterocycles. The first-order chi connectivity index (χ1) is 7.66. The maximum absolute atomic E-state index is 12.1. The van der Waals surface area contributed by atoms with Crippen molar-refractivity contribution in [2.24, 2.45) is 0 Å². The monoisotopic (exact) mass is 300 g/mol. The van der Waals surface area contributed by atoms with Crippen molar-refractivity contribution in [3.8, 4) is 0 Å². The highest BCUT2D eigenvalue weighted by molar-refractivity contribution is 9.10. The van der Waals surface area contributed by atoms with Gasteiger partial charge in [0, 0.05) is 20.6 Å². The summed E-state index contributed by atoms with van der Waals surface area (Å²) in [5, 5.41) is 0.551. The molecular formula is C12H10BrClO2. The fraction of sp³-hybridized carbons (Fsp3) is 0.250. The minimum atomic E-state index is -0.0112. The Balaban J connectivity index is 2.29. The zero-order valence-corrected chi connectivity index (χ0v) is 10.8. The Hall–Kier alpha value is -0.800. The molecule has 4 heteroatoms. The number of hydrogen-bond acceptors (Lipinski definition) is 2. The number of ether oxygens (including phenoxy) is 1. The number of rotatable bonds is 2. The van der Waals surface area contributed by atoms with E-state index in [1.807, 2.05) is 0 Å². The predicted octanol–water partition coefficient (Wildman–Crippen LogP) is 3.98. The van der Waals surface area contributed by atoms with E-state index in [0.717, 1.165) is 17.3 Å². The number of Topliss-reactive ketones (excluding diaryl/α,β-unsaturated/α-hetero) is 1. The molecule has 1 aliphatic rings. The molecule has 1 aromatic rings. The fourth-order valence-corrected chi connectivity index (χ4v) is 2.46. The summed E-state index contributed by atoms with van der Waals surface area (Å²) in [6, 6.07) is 5.19. The topological polar surface area (TPSA) is 26.3 Å². The molecule has 2 nitrogen and oxygen atoms in total. The molecule has 0 bridgehead atoms. The van der Waals surface area contributed by atoms with Crippen molar-refractivity contribution >= 4 is 33.3 Å². The van der Waals surface area contributed by atoms with Gasteiger partial charge in [0.15, 0.2) is 5.78 Å². The summed E-state index contributed by atoms with van der Waals surface area (Å²) in [6.45, 7) is 0.690. The first-order valence-corrected chi connectivity index (χ1v) is 6.15. The summed E-state index contributed by atoms with van der Waals surface area (Å²) < 4.78 is 5.96. The second-order valence-corrected chi connectivity index (χ2v) is 4.96. The Labute approximate surface area is 107 Å². The molecule has 0 spiro atoms. The second kappa shape index (κ2) is 5.02. The van der Waals surface area contributed by atoms with E-state index in [2.05, 4.69) is 15.9 Å². The van der Waals surface area contributed by atoms with Gasteiger partial charge in [0.05, 0.1) is 12.9 Å². The number of ketones is 1. The van der Waals surface area contributed by atoms with Crippen LogP contribution >= 0.6 is 27.5 Å². The second-order valence-electron chi connectivity index (χ2n) is 3.60. The van der Waals surface area contributed by atoms with Gasteiger partial charge in [0.2, 0.25) is 0 Å². The number of benzene rings is 1. The predicted molar refractivity (Wildman–Crippen MR) is 66.8 cm³/mol. The van der Waals surface area contributed by atoms with Crippen molar-refractivity contribution in [2.75, 3.05) is 6.61 Å². The van der Waals surface area contributed by atoms with Crippen LogP contribution in [0, 0.1) is 0 Å². The zero-order chi connectivity index (χ0) is 11.5. The third kappa shape index (κ3) is 2.66. The fourth-order valence-electron chi connectivity index (χ4n) is 1.60. The van der Waals surface area contributed by atoms with Crippen LogP contribution in [0.25, 0.3) is 0 Å². The van der Waals surface area contributed by atoms with E-state index in [9.17, 15) is 4.79 Å². The molecule has 1 heterocycles. The van der Waals surface area contributed by atoms with Crippen LogP contribution in [-0.4, -0.2) is 12.4 Å². The van der Waals surface area contributed by atoms with Crippen LogP contribution in [0.5, 0.6) is 0 Å². The van der Waals surface area contributed by atoms with E-state index in [1.54, 1.807) is 24.5 Å². The summed E-state index contributed by atoms with van der Waals surface area (Å²) in [4.78, 5) is 12.1. The average Bonchev–Trinajstić information content (AvgIpc) is 2.28. The van der Waals surface area contributed by atoms with Crippen molar-refractivity contribution in [3.63, 3.8) is 0 Å². The SMILES string of the molecule is O=C(C1=COCCC1)c1cc(Cl)cc(Br)c1. The molecule has 0 aromatic heterocycles. The maximum Gasteiger partial charge on any atom is 0.192 e. The highest BCUT2D eigenvalue weighted by Crippen LogP contribution is 2.23. The molecule has 0 amide bonds. The summed E-state index contributed by atoms with van der Waals surface area (Å²) in [7, 11) is 0. The first-order valence-electron chi connectivity index (χ1n) is 4.98. The molecule has 0 unspecified atom stereocenters. The summed E-state index contributed by atoms with van der Waals surface area (Å²) >= 11 is 9.22. The molecule has 1 aliphatic heterocycles. The first kappa shape index (κ1) is 11.7. The van der Waals surface area contributed by atoms with Crippen LogP contribution in [0.2, 0.25) is 5.02 Å². The van der Waals surface area contributed by atoms with Gasteiger partial charge < -0.3 is 4.74 Å². The van der Waals surface area contributed by atoms with Crippen LogP contribution in [-0.2, 0) is 4.74 Å². The van der Waals surface area contributed by atoms with Crippen molar-refractivity contribution in [1.82, 2.24) is 0 Å². The van der Waals surface area contributed by atoms with Crippen LogP contribution < -0.4 is 0 Å². The average molecular weight is 302 g/mol. The third-order valence-corrected chi connectivity index (χ3v) is 3.03. The van der Waals surface area contributed by atoms with Crippen LogP contribution in [0.1, 0.15) is 23.2 Å². The van der Waals surface area contributed by atoms with Gasteiger partial charge in [0.1, 0.15) is 0 Å². The standard InChI is InChI=1S/C12H10BrClO2/c13-10-4-9(5-11(14)6-10)12(15)8-2-1-3-16-7-8/h4-7H,1-3H2. The lowest BCUT2D eigenvalue weighted by Gasteiger charge is -2.12. The lowest BCUT2D eigenvalue weighted by Crippen LogP contribution is -2.09. The van der Waals surface area contributed by atoms with Crippen molar-refractivity contribution in [1.29, 1.82) is 0 Å². The Kier molecular flexibility index (Phi) is 3.66. The minimum Gasteiger partial charge on any atom is -0.501 e. The molecule has 16 heavy (non-hydrogen) atoms. The number of carbonyl (C=O) groups is 1. The smallest absolute Gasteiger partial charge is 0.192 e. The number of halogens is 2. The lowest BCUT2D eigenvalue weighted by atomic mass is 10.00. The maximum atomic E-state index is 12.1. The van der Waals surface area contributed by atoms with Gasteiger partial charge in [-0.1, -0.05) is 27.5 Å². The van der Waals surface area contributed by atoms with E-state index in [0.29, 0.717) is 22.8 Å². The number of allylic oxidation sites excluding steroid dienone is 1. The Bertz CT molecular complexity index is 434. The number of carbonyl (C=O) groups excluding carboxylic acids is 1. The quantitative estimate of drug-likeness (QED) is 0.772. The Morgan fingerprint density at radius 2 is 2.19 bits per heavy atom. The molecule has 1 aromatic carbocycles. The number of hydrogen-bond donors (Lipinski definition) is 0. The van der Waals surface area contributed by atoms with E-state index < -0.39 is 0 Å². The Morgan fingerprint density at radius 3 is 2.81 bits per heavy atom. The minimum absolute atomic E-state index is 0.0112. The molecule has 84 valence electrons. The molecule has 0 radical (unpaired) electrons. The van der Waals surface area contributed by atoms with Gasteiger partial charge in [-0.25, -0.2) is 0 Å². The zero-order valence-electron chi connectivity index (χ0n) is 8.50. The van der Waals surface area contributed by atoms with Gasteiger partial charge in [-0.05, 0) is 31.0 Å². The van der Waals surface area contributed by atoms with Gasteiger partial charge in [-0.3, -0.25) is 4.79 Å². The summed E-state index contributed by atoms with van der Waals surface area (Å²) in [5.74, 6) is -0.0112. The van der Waals surface area contributed by atoms with E-state index in [1.165, 1.54) is 0 Å². The van der Waals surface area contributed by atoms with Gasteiger partial charge >= 0.3 is 0 Å². The van der Waals surface area contributed by atoms with Crippen LogP contribution in [0.3, 0.4) is 0 Å². The lowest BCUT2D eigenvalue weighted by molar-refractivity contribution is 0.101. The van der Waals surface area contributed by atoms with Crippen LogP contribution in [0.4, 0.5) is 0 Å². The molecule has 0 atom stereocenters. The van der Waals surface area contributed by atoms with E-state index >= 15 is 0 Å². The highest BCUT2D eigenvalue weighted by atomic mass is 79.9. The molecule has 0 aliphatic carbocycles. The largest absolute Gasteiger partial charge is 0.501 e. The molecule has 2 rings (SSSR count). The van der Waals surface area contributed by atoms with Crippen molar-refractivity contribution in [3.05, 3.63) is 45.1 Å². The third-order valence-electron chi connectivity index (χ3n) is 2.35. The Morgan fingerprint density at radius 1 is 1.38 bits per heavy atom. The normalized spacial score (nSPS) is 15.2.